The highest BCUT2D eigenvalue weighted by molar-refractivity contribution is 5.40. The van der Waals surface area contributed by atoms with Gasteiger partial charge in [-0.15, -0.1) is 0 Å². The number of hydrogen-bond donors (Lipinski definition) is 1. The normalized spacial score (nSPS) is 23.0. The van der Waals surface area contributed by atoms with Crippen molar-refractivity contribution in [3.63, 3.8) is 0 Å². The molecule has 0 bridgehead atoms. The van der Waals surface area contributed by atoms with Gasteiger partial charge in [-0.2, -0.15) is 0 Å². The van der Waals surface area contributed by atoms with Crippen molar-refractivity contribution < 1.29 is 0 Å². The van der Waals surface area contributed by atoms with E-state index in [1.807, 2.05) is 6.20 Å². The zero-order chi connectivity index (χ0) is 13.1. The molecule has 2 fully saturated rings. The van der Waals surface area contributed by atoms with Crippen LogP contribution in [0.3, 0.4) is 0 Å². The van der Waals surface area contributed by atoms with Crippen LogP contribution < -0.4 is 10.2 Å². The van der Waals surface area contributed by atoms with Crippen LogP contribution in [0.15, 0.2) is 18.3 Å². The Morgan fingerprint density at radius 3 is 2.89 bits per heavy atom. The average molecular weight is 259 g/mol. The summed E-state index contributed by atoms with van der Waals surface area (Å²) < 4.78 is 0. The Morgan fingerprint density at radius 2 is 2.21 bits per heavy atom. The van der Waals surface area contributed by atoms with Crippen LogP contribution in [0.2, 0.25) is 0 Å². The molecule has 19 heavy (non-hydrogen) atoms. The Bertz CT molecular complexity index is 397. The van der Waals surface area contributed by atoms with E-state index in [4.69, 9.17) is 0 Å². The molecule has 0 radical (unpaired) electrons. The van der Waals surface area contributed by atoms with Gasteiger partial charge in [0.1, 0.15) is 5.82 Å². The molecule has 1 atom stereocenters. The summed E-state index contributed by atoms with van der Waals surface area (Å²) in [7, 11) is 0. The van der Waals surface area contributed by atoms with Crippen LogP contribution in [0.4, 0.5) is 5.82 Å². The van der Waals surface area contributed by atoms with Crippen molar-refractivity contribution >= 4 is 5.82 Å². The zero-order valence-corrected chi connectivity index (χ0v) is 11.9. The number of nitrogens with zero attached hydrogens (tertiary/aromatic N) is 2. The topological polar surface area (TPSA) is 28.2 Å². The lowest BCUT2D eigenvalue weighted by Gasteiger charge is -2.17. The Balaban J connectivity index is 1.53. The Morgan fingerprint density at radius 1 is 1.32 bits per heavy atom. The van der Waals surface area contributed by atoms with Gasteiger partial charge in [-0.25, -0.2) is 4.98 Å². The molecule has 3 heteroatoms. The second-order valence-corrected chi connectivity index (χ2v) is 6.07. The summed E-state index contributed by atoms with van der Waals surface area (Å²) in [5, 5.41) is 3.53. The third-order valence-electron chi connectivity index (χ3n) is 4.29. The summed E-state index contributed by atoms with van der Waals surface area (Å²) in [4.78, 5) is 7.08. The Labute approximate surface area is 116 Å². The fourth-order valence-corrected chi connectivity index (χ4v) is 2.94. The van der Waals surface area contributed by atoms with E-state index in [2.05, 4.69) is 34.3 Å². The number of anilines is 1. The lowest BCUT2D eigenvalue weighted by molar-refractivity contribution is 0.529. The van der Waals surface area contributed by atoms with E-state index in [0.717, 1.165) is 24.3 Å². The number of rotatable bonds is 6. The van der Waals surface area contributed by atoms with Crippen molar-refractivity contribution in [3.8, 4) is 0 Å². The van der Waals surface area contributed by atoms with Gasteiger partial charge in [-0.3, -0.25) is 0 Å². The highest BCUT2D eigenvalue weighted by atomic mass is 15.2. The van der Waals surface area contributed by atoms with Crippen LogP contribution >= 0.6 is 0 Å². The molecule has 0 spiro atoms. The monoisotopic (exact) mass is 259 g/mol. The van der Waals surface area contributed by atoms with Gasteiger partial charge in [-0.1, -0.05) is 19.4 Å². The maximum absolute atomic E-state index is 4.64. The molecule has 104 valence electrons. The van der Waals surface area contributed by atoms with Crippen LogP contribution in [0.25, 0.3) is 0 Å². The maximum atomic E-state index is 4.64. The van der Waals surface area contributed by atoms with E-state index in [1.54, 1.807) is 0 Å². The van der Waals surface area contributed by atoms with Crippen LogP contribution in [0.1, 0.15) is 44.6 Å². The van der Waals surface area contributed by atoms with Gasteiger partial charge < -0.3 is 10.2 Å². The van der Waals surface area contributed by atoms with Gasteiger partial charge in [0.15, 0.2) is 0 Å². The molecule has 1 saturated carbocycles. The molecule has 2 aliphatic rings. The molecule has 1 aliphatic carbocycles. The lowest BCUT2D eigenvalue weighted by Crippen LogP contribution is -2.21. The summed E-state index contributed by atoms with van der Waals surface area (Å²) in [5.41, 5.74) is 1.31. The lowest BCUT2D eigenvalue weighted by atomic mass is 10.0. The number of nitrogens with one attached hydrogen (secondary N) is 1. The third-order valence-corrected chi connectivity index (χ3v) is 4.29. The minimum Gasteiger partial charge on any atom is -0.356 e. The predicted molar refractivity (Wildman–Crippen MR) is 79.3 cm³/mol. The van der Waals surface area contributed by atoms with E-state index < -0.39 is 0 Å². The van der Waals surface area contributed by atoms with Gasteiger partial charge in [-0.05, 0) is 43.2 Å². The molecule has 3 nitrogen and oxygen atoms in total. The average Bonchev–Trinajstić information content (AvgIpc) is 3.16. The minimum atomic E-state index is 0.771. The highest BCUT2D eigenvalue weighted by Crippen LogP contribution is 2.25. The quantitative estimate of drug-likeness (QED) is 0.851. The summed E-state index contributed by atoms with van der Waals surface area (Å²) >= 11 is 0. The number of aromatic nitrogens is 1. The van der Waals surface area contributed by atoms with Crippen LogP contribution in [-0.4, -0.2) is 24.1 Å². The first kappa shape index (κ1) is 12.9. The predicted octanol–water partition coefficient (Wildman–Crippen LogP) is 2.96. The van der Waals surface area contributed by atoms with Crippen molar-refractivity contribution in [1.29, 1.82) is 0 Å². The number of pyridine rings is 1. The van der Waals surface area contributed by atoms with E-state index in [-0.39, 0.29) is 0 Å². The van der Waals surface area contributed by atoms with E-state index >= 15 is 0 Å². The maximum Gasteiger partial charge on any atom is 0.128 e. The van der Waals surface area contributed by atoms with Crippen LogP contribution in [0, 0.1) is 5.92 Å². The first-order valence-electron chi connectivity index (χ1n) is 7.78. The van der Waals surface area contributed by atoms with Crippen molar-refractivity contribution in [2.75, 3.05) is 18.0 Å². The number of hydrogen-bond acceptors (Lipinski definition) is 3. The fourth-order valence-electron chi connectivity index (χ4n) is 2.94. The Kier molecular flexibility index (Phi) is 4.02. The smallest absolute Gasteiger partial charge is 0.128 e. The van der Waals surface area contributed by atoms with Gasteiger partial charge >= 0.3 is 0 Å². The molecule has 2 heterocycles. The molecule has 3 rings (SSSR count). The summed E-state index contributed by atoms with van der Waals surface area (Å²) in [5.74, 6) is 2.04. The van der Waals surface area contributed by atoms with Crippen LogP contribution in [-0.2, 0) is 6.54 Å². The van der Waals surface area contributed by atoms with Crippen molar-refractivity contribution in [2.45, 2.75) is 51.6 Å². The molecule has 1 aromatic rings. The molecule has 0 aromatic carbocycles. The first-order valence-corrected chi connectivity index (χ1v) is 7.78. The second-order valence-electron chi connectivity index (χ2n) is 6.07. The first-order chi connectivity index (χ1) is 9.35. The van der Waals surface area contributed by atoms with E-state index in [9.17, 15) is 0 Å². The molecule has 0 amide bonds. The Hall–Kier alpha value is -1.09. The minimum absolute atomic E-state index is 0.771. The van der Waals surface area contributed by atoms with Gasteiger partial charge in [0.2, 0.25) is 0 Å². The van der Waals surface area contributed by atoms with Gasteiger partial charge in [0.05, 0.1) is 0 Å². The molecule has 1 unspecified atom stereocenters. The fraction of sp³-hybridized carbons (Fsp3) is 0.688. The van der Waals surface area contributed by atoms with E-state index in [0.29, 0.717) is 0 Å². The van der Waals surface area contributed by atoms with Crippen molar-refractivity contribution in [2.24, 2.45) is 5.92 Å². The molecule has 1 aliphatic heterocycles. The van der Waals surface area contributed by atoms with Crippen molar-refractivity contribution in [1.82, 2.24) is 10.3 Å². The van der Waals surface area contributed by atoms with Gasteiger partial charge in [0, 0.05) is 31.9 Å². The SMILES string of the molecule is CCCC1CCN(c2ccc(CNC3CC3)cn2)C1. The van der Waals surface area contributed by atoms with Crippen molar-refractivity contribution in [3.05, 3.63) is 23.9 Å². The largest absolute Gasteiger partial charge is 0.356 e. The summed E-state index contributed by atoms with van der Waals surface area (Å²) in [6.07, 6.45) is 8.73. The zero-order valence-electron chi connectivity index (χ0n) is 11.9. The second kappa shape index (κ2) is 5.91. The molecular weight excluding hydrogens is 234 g/mol. The molecule has 1 aromatic heterocycles. The van der Waals surface area contributed by atoms with Crippen LogP contribution in [0.5, 0.6) is 0 Å². The summed E-state index contributed by atoms with van der Waals surface area (Å²) in [6.45, 7) is 5.62. The van der Waals surface area contributed by atoms with Gasteiger partial charge in [0.25, 0.3) is 0 Å². The molecule has 1 N–H and O–H groups in total. The highest BCUT2D eigenvalue weighted by Gasteiger charge is 2.23. The standard InChI is InChI=1S/C16H25N3/c1-2-3-13-8-9-19(12-13)16-7-4-14(11-18-16)10-17-15-5-6-15/h4,7,11,13,15,17H,2-3,5-6,8-10,12H2,1H3. The molecule has 1 saturated heterocycles. The third kappa shape index (κ3) is 3.47. The molecular formula is C16H25N3. The summed E-state index contributed by atoms with van der Waals surface area (Å²) in [6, 6.07) is 5.19. The van der Waals surface area contributed by atoms with E-state index in [1.165, 1.54) is 50.8 Å².